The van der Waals surface area contributed by atoms with Crippen LogP contribution in [0.3, 0.4) is 0 Å². The van der Waals surface area contributed by atoms with E-state index in [2.05, 4.69) is 168 Å². The SMILES string of the molecule is c1ccc(-c2cc(-c3ccc(-c4nc5ccccc5c5nc6ccccc6n45)cc3)c(-c3ccccc3)c3c2-c2cccc4cccc-3c24)cc1. The molecule has 0 radical (unpaired) electrons. The molecule has 3 heteroatoms. The second-order valence-corrected chi connectivity index (χ2v) is 13.3. The molecule has 0 amide bonds. The molecule has 0 saturated carbocycles. The molecule has 1 aliphatic rings. The molecule has 0 bridgehead atoms. The van der Waals surface area contributed by atoms with Crippen LogP contribution in [0, 0.1) is 0 Å². The maximum atomic E-state index is 5.23. The largest absolute Gasteiger partial charge is 0.276 e. The molecule has 51 heavy (non-hydrogen) atoms. The van der Waals surface area contributed by atoms with Gasteiger partial charge in [-0.1, -0.05) is 146 Å². The predicted molar refractivity (Wildman–Crippen MR) is 212 cm³/mol. The summed E-state index contributed by atoms with van der Waals surface area (Å²) < 4.78 is 2.21. The van der Waals surface area contributed by atoms with Crippen molar-refractivity contribution in [2.24, 2.45) is 0 Å². The van der Waals surface area contributed by atoms with Crippen LogP contribution in [0.15, 0.2) is 176 Å². The Hall–Kier alpha value is -6.84. The summed E-state index contributed by atoms with van der Waals surface area (Å²) in [4.78, 5) is 10.3. The molecule has 11 rings (SSSR count). The molecule has 0 N–H and O–H groups in total. The van der Waals surface area contributed by atoms with Crippen LogP contribution >= 0.6 is 0 Å². The molecule has 0 unspecified atom stereocenters. The third-order valence-corrected chi connectivity index (χ3v) is 10.5. The first-order valence-electron chi connectivity index (χ1n) is 17.4. The first-order valence-corrected chi connectivity index (χ1v) is 17.4. The van der Waals surface area contributed by atoms with Crippen molar-refractivity contribution in [1.82, 2.24) is 14.4 Å². The number of imidazole rings is 1. The Balaban J connectivity index is 1.19. The van der Waals surface area contributed by atoms with Gasteiger partial charge in [0.15, 0.2) is 0 Å². The van der Waals surface area contributed by atoms with Gasteiger partial charge in [0.25, 0.3) is 0 Å². The second kappa shape index (κ2) is 10.8. The molecular weight excluding hydrogens is 619 g/mol. The van der Waals surface area contributed by atoms with Gasteiger partial charge in [0.1, 0.15) is 11.5 Å². The van der Waals surface area contributed by atoms with Crippen LogP contribution in [-0.4, -0.2) is 14.4 Å². The molecular formula is C48H29N3. The van der Waals surface area contributed by atoms with Gasteiger partial charge in [-0.3, -0.25) is 4.40 Å². The summed E-state index contributed by atoms with van der Waals surface area (Å²) >= 11 is 0. The lowest BCUT2D eigenvalue weighted by Gasteiger charge is -2.21. The van der Waals surface area contributed by atoms with Crippen LogP contribution in [-0.2, 0) is 0 Å². The fraction of sp³-hybridized carbons (Fsp3) is 0. The van der Waals surface area contributed by atoms with E-state index in [-0.39, 0.29) is 0 Å². The van der Waals surface area contributed by atoms with E-state index >= 15 is 0 Å². The van der Waals surface area contributed by atoms with Crippen molar-refractivity contribution < 1.29 is 0 Å². The quantitative estimate of drug-likeness (QED) is 0.190. The Morgan fingerprint density at radius 1 is 0.373 bits per heavy atom. The van der Waals surface area contributed by atoms with Crippen LogP contribution in [0.4, 0.5) is 0 Å². The fourth-order valence-electron chi connectivity index (χ4n) is 8.31. The highest BCUT2D eigenvalue weighted by atomic mass is 15.1. The van der Waals surface area contributed by atoms with Crippen molar-refractivity contribution >= 4 is 38.4 Å². The minimum absolute atomic E-state index is 0.883. The maximum Gasteiger partial charge on any atom is 0.149 e. The highest BCUT2D eigenvalue weighted by Gasteiger charge is 2.30. The molecule has 0 fully saturated rings. The Kier molecular flexibility index (Phi) is 5.96. The van der Waals surface area contributed by atoms with Crippen molar-refractivity contribution in [2.45, 2.75) is 0 Å². The molecule has 0 spiro atoms. The lowest BCUT2D eigenvalue weighted by Crippen LogP contribution is -1.98. The minimum Gasteiger partial charge on any atom is -0.276 e. The molecule has 236 valence electrons. The average Bonchev–Trinajstić information content (AvgIpc) is 3.76. The van der Waals surface area contributed by atoms with E-state index in [9.17, 15) is 0 Å². The zero-order valence-electron chi connectivity index (χ0n) is 27.6. The molecule has 0 aliphatic heterocycles. The fourth-order valence-corrected chi connectivity index (χ4v) is 8.31. The van der Waals surface area contributed by atoms with E-state index in [0.29, 0.717) is 0 Å². The molecule has 1 aliphatic carbocycles. The van der Waals surface area contributed by atoms with Crippen molar-refractivity contribution in [3.63, 3.8) is 0 Å². The van der Waals surface area contributed by atoms with Gasteiger partial charge in [-0.05, 0) is 96.7 Å². The van der Waals surface area contributed by atoms with E-state index < -0.39 is 0 Å². The number of aromatic nitrogens is 3. The minimum atomic E-state index is 0.883. The predicted octanol–water partition coefficient (Wildman–Crippen LogP) is 12.5. The van der Waals surface area contributed by atoms with Gasteiger partial charge in [-0.15, -0.1) is 0 Å². The van der Waals surface area contributed by atoms with Gasteiger partial charge in [0.05, 0.1) is 16.6 Å². The summed E-state index contributed by atoms with van der Waals surface area (Å²) in [6.45, 7) is 0. The standard InChI is InChI=1S/C48H29N3/c1-3-13-30(14-4-1)39-29-38(44(33-15-5-2-6-16-33)46-37-21-12-18-32-17-11-20-36(43(32)37)45(39)46)31-25-27-34(28-26-31)47-49-40-22-8-7-19-35(40)48-50-41-23-9-10-24-42(41)51(47)48/h1-29H. The lowest BCUT2D eigenvalue weighted by atomic mass is 9.82. The molecule has 2 aromatic heterocycles. The van der Waals surface area contributed by atoms with Crippen LogP contribution in [0.5, 0.6) is 0 Å². The molecule has 0 saturated heterocycles. The average molecular weight is 648 g/mol. The summed E-state index contributed by atoms with van der Waals surface area (Å²) in [6, 6.07) is 63.2. The highest BCUT2D eigenvalue weighted by molar-refractivity contribution is 6.22. The summed E-state index contributed by atoms with van der Waals surface area (Å²) in [5, 5.41) is 3.64. The first-order chi connectivity index (χ1) is 25.3. The second-order valence-electron chi connectivity index (χ2n) is 13.3. The smallest absolute Gasteiger partial charge is 0.149 e. The van der Waals surface area contributed by atoms with Gasteiger partial charge in [0.2, 0.25) is 0 Å². The van der Waals surface area contributed by atoms with E-state index in [1.807, 2.05) is 12.1 Å². The number of nitrogens with zero attached hydrogens (tertiary/aromatic N) is 3. The number of fused-ring (bicyclic) bond motifs is 8. The Bertz CT molecular complexity index is 2990. The first kappa shape index (κ1) is 28.0. The number of benzene rings is 8. The van der Waals surface area contributed by atoms with E-state index in [4.69, 9.17) is 9.97 Å². The molecule has 8 aromatic carbocycles. The molecule has 3 nitrogen and oxygen atoms in total. The van der Waals surface area contributed by atoms with Crippen molar-refractivity contribution in [3.05, 3.63) is 176 Å². The normalized spacial score (nSPS) is 11.9. The Morgan fingerprint density at radius 3 is 1.73 bits per heavy atom. The zero-order chi connectivity index (χ0) is 33.5. The molecule has 0 atom stereocenters. The number of para-hydroxylation sites is 3. The number of hydrogen-bond donors (Lipinski definition) is 0. The van der Waals surface area contributed by atoms with Crippen molar-refractivity contribution in [2.75, 3.05) is 0 Å². The summed E-state index contributed by atoms with van der Waals surface area (Å²) in [5.74, 6) is 0.883. The third kappa shape index (κ3) is 4.12. The van der Waals surface area contributed by atoms with Gasteiger partial charge >= 0.3 is 0 Å². The van der Waals surface area contributed by atoms with Crippen molar-refractivity contribution in [3.8, 4) is 67.0 Å². The topological polar surface area (TPSA) is 30.2 Å². The van der Waals surface area contributed by atoms with Gasteiger partial charge in [0, 0.05) is 10.9 Å². The summed E-state index contributed by atoms with van der Waals surface area (Å²) in [6.07, 6.45) is 0. The Labute approximate surface area is 294 Å². The third-order valence-electron chi connectivity index (χ3n) is 10.5. The lowest BCUT2D eigenvalue weighted by molar-refractivity contribution is 1.16. The van der Waals surface area contributed by atoms with Crippen molar-refractivity contribution in [1.29, 1.82) is 0 Å². The summed E-state index contributed by atoms with van der Waals surface area (Å²) in [5.41, 5.74) is 17.4. The number of rotatable bonds is 4. The van der Waals surface area contributed by atoms with E-state index in [1.54, 1.807) is 0 Å². The number of hydrogen-bond acceptors (Lipinski definition) is 2. The Morgan fingerprint density at radius 2 is 0.961 bits per heavy atom. The monoisotopic (exact) mass is 647 g/mol. The van der Waals surface area contributed by atoms with Gasteiger partial charge < -0.3 is 0 Å². The zero-order valence-corrected chi connectivity index (χ0v) is 27.6. The van der Waals surface area contributed by atoms with Crippen LogP contribution in [0.2, 0.25) is 0 Å². The van der Waals surface area contributed by atoms with Crippen LogP contribution in [0.1, 0.15) is 0 Å². The maximum absolute atomic E-state index is 5.23. The van der Waals surface area contributed by atoms with E-state index in [0.717, 1.165) is 44.5 Å². The molecule has 10 aromatic rings. The highest BCUT2D eigenvalue weighted by Crippen LogP contribution is 2.57. The van der Waals surface area contributed by atoms with Gasteiger partial charge in [-0.25, -0.2) is 9.97 Å². The molecule has 2 heterocycles. The van der Waals surface area contributed by atoms with Crippen LogP contribution in [0.25, 0.3) is 105 Å². The van der Waals surface area contributed by atoms with E-state index in [1.165, 1.54) is 60.8 Å². The van der Waals surface area contributed by atoms with Crippen LogP contribution < -0.4 is 0 Å². The summed E-state index contributed by atoms with van der Waals surface area (Å²) in [7, 11) is 0. The van der Waals surface area contributed by atoms with Gasteiger partial charge in [-0.2, -0.15) is 0 Å².